The van der Waals surface area contributed by atoms with Crippen molar-refractivity contribution in [1.82, 2.24) is 5.32 Å². The molecule has 0 spiro atoms. The highest BCUT2D eigenvalue weighted by Gasteiger charge is 1.80. The molecule has 0 rings (SSSR count). The average Bonchev–Trinajstić information content (AvgIpc) is 1.61. The maximum atomic E-state index is 3.74. The van der Waals surface area contributed by atoms with E-state index < -0.39 is 0 Å². The lowest BCUT2D eigenvalue weighted by molar-refractivity contribution is 0.743. The van der Waals surface area contributed by atoms with Gasteiger partial charge in [0.2, 0.25) is 0 Å². The van der Waals surface area contributed by atoms with Gasteiger partial charge in [-0.3, -0.25) is 4.99 Å². The molecule has 0 heterocycles. The Kier molecular flexibility index (Phi) is 8.45. The van der Waals surface area contributed by atoms with Crippen molar-refractivity contribution in [2.75, 3.05) is 7.05 Å². The van der Waals surface area contributed by atoms with Gasteiger partial charge in [0.1, 0.15) is 0 Å². The summed E-state index contributed by atoms with van der Waals surface area (Å²) < 4.78 is 0. The molecule has 1 N–H and O–H groups in total. The van der Waals surface area contributed by atoms with Crippen LogP contribution in [0.1, 0.15) is 21.3 Å². The second kappa shape index (κ2) is 6.47. The summed E-state index contributed by atoms with van der Waals surface area (Å²) in [6.07, 6.45) is 1.70. The molecule has 0 fully saturated rings. The molecule has 50 valence electrons. The van der Waals surface area contributed by atoms with Gasteiger partial charge in [0.15, 0.2) is 0 Å². The Morgan fingerprint density at radius 1 is 1.50 bits per heavy atom. The molecule has 0 radical (unpaired) electrons. The number of nitrogens with zero attached hydrogens (tertiary/aromatic N) is 1. The van der Waals surface area contributed by atoms with Crippen molar-refractivity contribution in [3.05, 3.63) is 0 Å². The lowest BCUT2D eigenvalue weighted by Crippen LogP contribution is -2.19. The maximum absolute atomic E-state index is 3.74. The Labute approximate surface area is 52.0 Å². The van der Waals surface area contributed by atoms with E-state index in [4.69, 9.17) is 0 Å². The highest BCUT2D eigenvalue weighted by Crippen LogP contribution is 1.69. The van der Waals surface area contributed by atoms with Gasteiger partial charge in [-0.1, -0.05) is 7.43 Å². The first kappa shape index (κ1) is 10.5. The van der Waals surface area contributed by atoms with Crippen LogP contribution in [0.2, 0.25) is 0 Å². The van der Waals surface area contributed by atoms with Gasteiger partial charge in [-0.05, 0) is 13.8 Å². The Balaban J connectivity index is 0. The third-order valence-corrected chi connectivity index (χ3v) is 0.537. The fourth-order valence-corrected chi connectivity index (χ4v) is 0.224. The molecule has 0 saturated heterocycles. The fourth-order valence-electron chi connectivity index (χ4n) is 0.224. The fraction of sp³-hybridized carbons (Fsp3) is 0.833. The van der Waals surface area contributed by atoms with Crippen LogP contribution in [0, 0.1) is 0 Å². The van der Waals surface area contributed by atoms with Crippen molar-refractivity contribution >= 4 is 6.34 Å². The average molecular weight is 116 g/mol. The van der Waals surface area contributed by atoms with Crippen LogP contribution in [0.4, 0.5) is 0 Å². The van der Waals surface area contributed by atoms with Crippen LogP contribution in [-0.2, 0) is 0 Å². The van der Waals surface area contributed by atoms with Crippen LogP contribution in [0.3, 0.4) is 0 Å². The van der Waals surface area contributed by atoms with E-state index in [0.717, 1.165) is 0 Å². The van der Waals surface area contributed by atoms with Crippen LogP contribution < -0.4 is 5.32 Å². The van der Waals surface area contributed by atoms with Gasteiger partial charge in [-0.15, -0.1) is 0 Å². The first-order valence-electron chi connectivity index (χ1n) is 2.44. The van der Waals surface area contributed by atoms with Crippen LogP contribution in [-0.4, -0.2) is 19.4 Å². The molecule has 2 heteroatoms. The van der Waals surface area contributed by atoms with Crippen LogP contribution in [0.15, 0.2) is 4.99 Å². The smallest absolute Gasteiger partial charge is 0.0822 e. The molecule has 0 aliphatic rings. The Hall–Kier alpha value is -0.530. The topological polar surface area (TPSA) is 24.4 Å². The number of hydrogen-bond acceptors (Lipinski definition) is 1. The van der Waals surface area contributed by atoms with E-state index in [1.165, 1.54) is 0 Å². The number of aliphatic imine (C=N–C) groups is 1. The van der Waals surface area contributed by atoms with Gasteiger partial charge in [0.25, 0.3) is 0 Å². The molecule has 0 aromatic rings. The van der Waals surface area contributed by atoms with Gasteiger partial charge in [0.05, 0.1) is 6.34 Å². The van der Waals surface area contributed by atoms with E-state index in [1.54, 1.807) is 13.4 Å². The van der Waals surface area contributed by atoms with E-state index in [1.807, 2.05) is 0 Å². The molecule has 0 aromatic carbocycles. The first-order chi connectivity index (χ1) is 3.27. The highest BCUT2D eigenvalue weighted by molar-refractivity contribution is 5.54. The van der Waals surface area contributed by atoms with Crippen molar-refractivity contribution < 1.29 is 0 Å². The first-order valence-corrected chi connectivity index (χ1v) is 2.44. The summed E-state index contributed by atoms with van der Waals surface area (Å²) in [6.45, 7) is 4.14. The predicted octanol–water partition coefficient (Wildman–Crippen LogP) is 1.28. The van der Waals surface area contributed by atoms with Gasteiger partial charge < -0.3 is 5.32 Å². The second-order valence-electron chi connectivity index (χ2n) is 1.71. The molecule has 0 amide bonds. The van der Waals surface area contributed by atoms with E-state index in [9.17, 15) is 0 Å². The van der Waals surface area contributed by atoms with Gasteiger partial charge in [0, 0.05) is 13.1 Å². The van der Waals surface area contributed by atoms with Crippen molar-refractivity contribution in [3.63, 3.8) is 0 Å². The molecular weight excluding hydrogens is 100 g/mol. The van der Waals surface area contributed by atoms with Gasteiger partial charge in [-0.2, -0.15) is 0 Å². The Morgan fingerprint density at radius 3 is 2.12 bits per heavy atom. The minimum atomic E-state index is 0. The summed E-state index contributed by atoms with van der Waals surface area (Å²) in [5, 5.41) is 3.00. The Bertz CT molecular complexity index is 57.5. The number of rotatable bonds is 2. The zero-order valence-corrected chi connectivity index (χ0v) is 5.10. The summed E-state index contributed by atoms with van der Waals surface area (Å²) >= 11 is 0. The zero-order valence-electron chi connectivity index (χ0n) is 5.10. The lowest BCUT2D eigenvalue weighted by atomic mass is 10.4. The normalized spacial score (nSPS) is 9.50. The summed E-state index contributed by atoms with van der Waals surface area (Å²) in [5.74, 6) is 0. The largest absolute Gasteiger partial charge is 0.374 e. The molecule has 0 aliphatic heterocycles. The molecule has 0 atom stereocenters. The summed E-state index contributed by atoms with van der Waals surface area (Å²) in [4.78, 5) is 3.74. The summed E-state index contributed by atoms with van der Waals surface area (Å²) in [6, 6.07) is 0.503. The minimum absolute atomic E-state index is 0. The standard InChI is InChI=1S/C5H12N2.CH4/c1-5(2)7-4-6-3;/h4-5H,1-3H3,(H,6,7);1H4. The van der Waals surface area contributed by atoms with Gasteiger partial charge in [-0.25, -0.2) is 0 Å². The summed E-state index contributed by atoms with van der Waals surface area (Å²) in [7, 11) is 1.75. The maximum Gasteiger partial charge on any atom is 0.0822 e. The molecule has 0 bridgehead atoms. The van der Waals surface area contributed by atoms with Crippen LogP contribution in [0.25, 0.3) is 0 Å². The van der Waals surface area contributed by atoms with E-state index >= 15 is 0 Å². The SMILES string of the molecule is C.CN=CNC(C)C. The van der Waals surface area contributed by atoms with Crippen molar-refractivity contribution in [1.29, 1.82) is 0 Å². The molecule has 0 aromatic heterocycles. The summed E-state index contributed by atoms with van der Waals surface area (Å²) in [5.41, 5.74) is 0. The van der Waals surface area contributed by atoms with Crippen molar-refractivity contribution in [3.8, 4) is 0 Å². The van der Waals surface area contributed by atoms with Crippen molar-refractivity contribution in [2.45, 2.75) is 27.3 Å². The van der Waals surface area contributed by atoms with E-state index in [2.05, 4.69) is 24.2 Å². The molecular formula is C6H16N2. The lowest BCUT2D eigenvalue weighted by Gasteiger charge is -1.99. The second-order valence-corrected chi connectivity index (χ2v) is 1.71. The number of hydrogen-bond donors (Lipinski definition) is 1. The van der Waals surface area contributed by atoms with E-state index in [-0.39, 0.29) is 7.43 Å². The predicted molar refractivity (Wildman–Crippen MR) is 39.4 cm³/mol. The van der Waals surface area contributed by atoms with Crippen LogP contribution in [0.5, 0.6) is 0 Å². The third-order valence-electron chi connectivity index (χ3n) is 0.537. The highest BCUT2D eigenvalue weighted by atomic mass is 14.9. The van der Waals surface area contributed by atoms with Gasteiger partial charge >= 0.3 is 0 Å². The molecule has 8 heavy (non-hydrogen) atoms. The molecule has 0 unspecified atom stereocenters. The third kappa shape index (κ3) is 9.08. The van der Waals surface area contributed by atoms with Crippen LogP contribution >= 0.6 is 0 Å². The Morgan fingerprint density at radius 2 is 2.00 bits per heavy atom. The van der Waals surface area contributed by atoms with E-state index in [0.29, 0.717) is 6.04 Å². The molecule has 0 aliphatic carbocycles. The zero-order chi connectivity index (χ0) is 5.70. The number of nitrogens with one attached hydrogen (secondary N) is 1. The monoisotopic (exact) mass is 116 g/mol. The van der Waals surface area contributed by atoms with Crippen molar-refractivity contribution in [2.24, 2.45) is 4.99 Å². The molecule has 2 nitrogen and oxygen atoms in total. The molecule has 0 saturated carbocycles. The minimum Gasteiger partial charge on any atom is -0.374 e. The quantitative estimate of drug-likeness (QED) is 0.426.